The van der Waals surface area contributed by atoms with Gasteiger partial charge in [0.25, 0.3) is 0 Å². The Hall–Kier alpha value is -2.24. The second-order valence-electron chi connectivity index (χ2n) is 7.03. The number of rotatable bonds is 6. The van der Waals surface area contributed by atoms with Crippen molar-refractivity contribution in [2.45, 2.75) is 24.8 Å². The van der Waals surface area contributed by atoms with Gasteiger partial charge >= 0.3 is 0 Å². The molecule has 1 aliphatic heterocycles. The fourth-order valence-corrected chi connectivity index (χ4v) is 3.79. The molecule has 150 valence electrons. The Bertz CT molecular complexity index is 787. The molecule has 0 aliphatic carbocycles. The van der Waals surface area contributed by atoms with Crippen LogP contribution in [0.4, 0.5) is 0 Å². The first kappa shape index (κ1) is 20.5. The minimum atomic E-state index is 0.0121. The molecule has 0 atom stereocenters. The van der Waals surface area contributed by atoms with Crippen molar-refractivity contribution in [3.8, 4) is 5.75 Å². The highest BCUT2D eigenvalue weighted by Gasteiger charge is 2.34. The zero-order valence-corrected chi connectivity index (χ0v) is 17.3. The van der Waals surface area contributed by atoms with Gasteiger partial charge in [0.1, 0.15) is 5.75 Å². The highest BCUT2D eigenvalue weighted by atomic mass is 35.5. The monoisotopic (exact) mass is 401 g/mol. The molecule has 0 amide bonds. The average molecular weight is 402 g/mol. The van der Waals surface area contributed by atoms with E-state index in [1.54, 1.807) is 14.2 Å². The van der Waals surface area contributed by atoms with Gasteiger partial charge in [-0.05, 0) is 48.2 Å². The molecule has 2 N–H and O–H groups in total. The normalized spacial score (nSPS) is 16.5. The molecule has 1 fully saturated rings. The maximum absolute atomic E-state index is 6.07. The van der Waals surface area contributed by atoms with E-state index >= 15 is 0 Å². The van der Waals surface area contributed by atoms with Crippen LogP contribution in [0.25, 0.3) is 0 Å². The van der Waals surface area contributed by atoms with Crippen LogP contribution in [-0.4, -0.2) is 39.9 Å². The van der Waals surface area contributed by atoms with Crippen molar-refractivity contribution < 1.29 is 9.47 Å². The number of hydrogen-bond acceptors (Lipinski definition) is 3. The van der Waals surface area contributed by atoms with Crippen LogP contribution < -0.4 is 15.4 Å². The molecule has 0 saturated carbocycles. The van der Waals surface area contributed by atoms with Crippen LogP contribution in [0.5, 0.6) is 5.75 Å². The Labute approximate surface area is 172 Å². The number of halogens is 1. The number of methoxy groups -OCH3 is 1. The van der Waals surface area contributed by atoms with Crippen LogP contribution in [-0.2, 0) is 16.7 Å². The number of nitrogens with zero attached hydrogens (tertiary/aromatic N) is 1. The smallest absolute Gasteiger partial charge is 0.191 e. The van der Waals surface area contributed by atoms with Crippen molar-refractivity contribution in [2.75, 3.05) is 33.9 Å². The van der Waals surface area contributed by atoms with E-state index in [0.29, 0.717) is 6.54 Å². The lowest BCUT2D eigenvalue weighted by Gasteiger charge is -2.38. The maximum atomic E-state index is 6.07. The first-order valence-corrected chi connectivity index (χ1v) is 9.94. The van der Waals surface area contributed by atoms with E-state index in [4.69, 9.17) is 21.1 Å². The zero-order valence-electron chi connectivity index (χ0n) is 16.5. The summed E-state index contributed by atoms with van der Waals surface area (Å²) >= 11 is 6.07. The van der Waals surface area contributed by atoms with Gasteiger partial charge in [-0.25, -0.2) is 0 Å². The van der Waals surface area contributed by atoms with Gasteiger partial charge in [0.05, 0.1) is 7.11 Å². The van der Waals surface area contributed by atoms with E-state index in [-0.39, 0.29) is 5.41 Å². The quantitative estimate of drug-likeness (QED) is 0.571. The summed E-state index contributed by atoms with van der Waals surface area (Å²) in [6.45, 7) is 2.99. The molecule has 1 saturated heterocycles. The van der Waals surface area contributed by atoms with Crippen LogP contribution in [0.15, 0.2) is 53.5 Å². The largest absolute Gasteiger partial charge is 0.497 e. The van der Waals surface area contributed by atoms with Gasteiger partial charge in [-0.3, -0.25) is 4.99 Å². The van der Waals surface area contributed by atoms with Gasteiger partial charge in [0.15, 0.2) is 5.96 Å². The summed E-state index contributed by atoms with van der Waals surface area (Å²) in [5.74, 6) is 1.65. The summed E-state index contributed by atoms with van der Waals surface area (Å²) in [5, 5.41) is 7.62. The Morgan fingerprint density at radius 1 is 1.14 bits per heavy atom. The van der Waals surface area contributed by atoms with Crippen LogP contribution in [0.2, 0.25) is 5.02 Å². The zero-order chi connectivity index (χ0) is 19.8. The van der Waals surface area contributed by atoms with E-state index in [1.165, 1.54) is 5.56 Å². The van der Waals surface area contributed by atoms with Crippen molar-refractivity contribution in [2.24, 2.45) is 4.99 Å². The third-order valence-electron chi connectivity index (χ3n) is 5.32. The lowest BCUT2D eigenvalue weighted by Crippen LogP contribution is -2.47. The van der Waals surface area contributed by atoms with E-state index in [9.17, 15) is 0 Å². The van der Waals surface area contributed by atoms with Crippen LogP contribution >= 0.6 is 11.6 Å². The topological polar surface area (TPSA) is 54.9 Å². The molecule has 5 nitrogen and oxygen atoms in total. The minimum absolute atomic E-state index is 0.0121. The number of guanidine groups is 1. The number of nitrogens with one attached hydrogen (secondary N) is 2. The minimum Gasteiger partial charge on any atom is -0.497 e. The molecule has 6 heteroatoms. The third kappa shape index (κ3) is 5.18. The van der Waals surface area contributed by atoms with Crippen LogP contribution in [0, 0.1) is 0 Å². The summed E-state index contributed by atoms with van der Waals surface area (Å²) in [7, 11) is 3.48. The summed E-state index contributed by atoms with van der Waals surface area (Å²) in [4.78, 5) is 4.37. The highest BCUT2D eigenvalue weighted by Crippen LogP contribution is 2.35. The molecule has 2 aromatic rings. The second kappa shape index (κ2) is 9.80. The van der Waals surface area contributed by atoms with Gasteiger partial charge in [-0.1, -0.05) is 35.9 Å². The molecular weight excluding hydrogens is 374 g/mol. The molecule has 0 unspecified atom stereocenters. The van der Waals surface area contributed by atoms with Crippen LogP contribution in [0.1, 0.15) is 24.0 Å². The molecule has 1 aliphatic rings. The fraction of sp³-hybridized carbons (Fsp3) is 0.409. The van der Waals surface area contributed by atoms with E-state index in [2.05, 4.69) is 27.8 Å². The van der Waals surface area contributed by atoms with E-state index < -0.39 is 0 Å². The Morgan fingerprint density at radius 3 is 2.54 bits per heavy atom. The molecule has 3 rings (SSSR count). The predicted molar refractivity (Wildman–Crippen MR) is 114 cm³/mol. The number of aliphatic imine (C=N–C) groups is 1. The first-order chi connectivity index (χ1) is 13.6. The highest BCUT2D eigenvalue weighted by molar-refractivity contribution is 6.30. The summed E-state index contributed by atoms with van der Waals surface area (Å²) in [5.41, 5.74) is 2.43. The molecule has 0 aromatic heterocycles. The molecule has 28 heavy (non-hydrogen) atoms. The predicted octanol–water partition coefficient (Wildman–Crippen LogP) is 3.76. The van der Waals surface area contributed by atoms with E-state index in [1.807, 2.05) is 36.4 Å². The first-order valence-electron chi connectivity index (χ1n) is 9.56. The van der Waals surface area contributed by atoms with Crippen molar-refractivity contribution in [1.29, 1.82) is 0 Å². The lowest BCUT2D eigenvalue weighted by molar-refractivity contribution is 0.0513. The number of benzene rings is 2. The van der Waals surface area contributed by atoms with Crippen molar-refractivity contribution in [3.05, 3.63) is 64.7 Å². The van der Waals surface area contributed by atoms with Crippen molar-refractivity contribution in [1.82, 2.24) is 10.6 Å². The second-order valence-corrected chi connectivity index (χ2v) is 7.47. The Balaban J connectivity index is 1.66. The summed E-state index contributed by atoms with van der Waals surface area (Å²) in [6, 6.07) is 16.2. The molecule has 1 heterocycles. The lowest BCUT2D eigenvalue weighted by atomic mass is 9.74. The average Bonchev–Trinajstić information content (AvgIpc) is 2.74. The molecule has 0 spiro atoms. The summed E-state index contributed by atoms with van der Waals surface area (Å²) < 4.78 is 10.9. The maximum Gasteiger partial charge on any atom is 0.191 e. The van der Waals surface area contributed by atoms with Gasteiger partial charge < -0.3 is 20.1 Å². The van der Waals surface area contributed by atoms with Crippen molar-refractivity contribution >= 4 is 17.6 Å². The van der Waals surface area contributed by atoms with Gasteiger partial charge in [-0.15, -0.1) is 0 Å². The van der Waals surface area contributed by atoms with Gasteiger partial charge in [0.2, 0.25) is 0 Å². The SMILES string of the molecule is CN=C(NCc1cccc(Cl)c1)NCC1(c2ccc(OC)cc2)CCOCC1. The van der Waals surface area contributed by atoms with Crippen LogP contribution in [0.3, 0.4) is 0 Å². The number of ether oxygens (including phenoxy) is 2. The Kier molecular flexibility index (Phi) is 7.18. The standard InChI is InChI=1S/C22H28ClN3O2/c1-24-21(25-15-17-4-3-5-19(23)14-17)26-16-22(10-12-28-13-11-22)18-6-8-20(27-2)9-7-18/h3-9,14H,10-13,15-16H2,1-2H3,(H2,24,25,26). The number of hydrogen-bond donors (Lipinski definition) is 2. The fourth-order valence-electron chi connectivity index (χ4n) is 3.58. The van der Waals surface area contributed by atoms with E-state index in [0.717, 1.165) is 54.9 Å². The Morgan fingerprint density at radius 2 is 1.89 bits per heavy atom. The molecule has 0 bridgehead atoms. The van der Waals surface area contributed by atoms with Crippen molar-refractivity contribution in [3.63, 3.8) is 0 Å². The molecular formula is C22H28ClN3O2. The van der Waals surface area contributed by atoms with Gasteiger partial charge in [-0.2, -0.15) is 0 Å². The summed E-state index contributed by atoms with van der Waals surface area (Å²) in [6.07, 6.45) is 1.94. The molecule has 2 aromatic carbocycles. The third-order valence-corrected chi connectivity index (χ3v) is 5.55. The molecule has 0 radical (unpaired) electrons. The van der Waals surface area contributed by atoms with Gasteiger partial charge in [0, 0.05) is 43.8 Å².